The van der Waals surface area contributed by atoms with Gasteiger partial charge in [0.15, 0.2) is 6.23 Å². The smallest absolute Gasteiger partial charge is 1.00 e. The summed E-state index contributed by atoms with van der Waals surface area (Å²) in [5, 5.41) is 0. The van der Waals surface area contributed by atoms with E-state index in [4.69, 9.17) is 4.74 Å². The minimum Gasteiger partial charge on any atom is -1.00 e. The van der Waals surface area contributed by atoms with Gasteiger partial charge in [0.05, 0.1) is 0 Å². The second-order valence-electron chi connectivity index (χ2n) is 2.75. The molecule has 0 aromatic carbocycles. The number of carbonyl (C=O) groups is 1. The van der Waals surface area contributed by atoms with Crippen LogP contribution in [0.15, 0.2) is 12.2 Å². The summed E-state index contributed by atoms with van der Waals surface area (Å²) in [7, 11) is 3.69. The molecule has 0 aromatic heterocycles. The molecule has 3 nitrogen and oxygen atoms in total. The Morgan fingerprint density at radius 1 is 1.50 bits per heavy atom. The van der Waals surface area contributed by atoms with Gasteiger partial charge in [-0.1, -0.05) is 6.58 Å². The van der Waals surface area contributed by atoms with E-state index in [1.807, 2.05) is 14.1 Å². The molecule has 0 rings (SSSR count). The summed E-state index contributed by atoms with van der Waals surface area (Å²) in [5.74, 6) is -0.341. The van der Waals surface area contributed by atoms with Crippen molar-refractivity contribution in [3.8, 4) is 0 Å². The fourth-order valence-electron chi connectivity index (χ4n) is 0.361. The third-order valence-corrected chi connectivity index (χ3v) is 1.35. The number of hydrogen-bond acceptors (Lipinski definition) is 3. The molecule has 0 saturated carbocycles. The minimum absolute atomic E-state index is 0. The molecule has 80 valence electrons. The molecule has 14 heavy (non-hydrogen) atoms. The SMILES string of the molecule is C=C(C)C(=O)OC(C)N(C)C.CCl.[H-].[Na+]. The molecular weight excluding hydrogens is 213 g/mol. The molecule has 0 saturated heterocycles. The Labute approximate surface area is 115 Å². The number of ether oxygens (including phenoxy) is 1. The first kappa shape index (κ1) is 19.9. The number of esters is 1. The Balaban J connectivity index is -0.000000142. The summed E-state index contributed by atoms with van der Waals surface area (Å²) in [5.41, 5.74) is 0.429. The van der Waals surface area contributed by atoms with Gasteiger partial charge in [-0.05, 0) is 27.9 Å². The van der Waals surface area contributed by atoms with Crippen LogP contribution in [-0.4, -0.2) is 37.6 Å². The fraction of sp³-hybridized carbons (Fsp3) is 0.667. The van der Waals surface area contributed by atoms with Gasteiger partial charge in [0, 0.05) is 12.0 Å². The van der Waals surface area contributed by atoms with Gasteiger partial charge in [-0.15, -0.1) is 11.6 Å². The zero-order valence-electron chi connectivity index (χ0n) is 10.9. The van der Waals surface area contributed by atoms with Crippen LogP contribution in [0.25, 0.3) is 0 Å². The molecule has 0 aliphatic heterocycles. The monoisotopic (exact) mass is 231 g/mol. The molecular formula is C9H19ClNNaO2. The van der Waals surface area contributed by atoms with E-state index in [1.165, 1.54) is 6.38 Å². The molecule has 0 aliphatic carbocycles. The van der Waals surface area contributed by atoms with Crippen molar-refractivity contribution in [3.63, 3.8) is 0 Å². The largest absolute Gasteiger partial charge is 1.00 e. The number of alkyl halides is 1. The maximum atomic E-state index is 10.9. The van der Waals surface area contributed by atoms with Crippen molar-refractivity contribution in [3.05, 3.63) is 12.2 Å². The Hall–Kier alpha value is 0.460. The third-order valence-electron chi connectivity index (χ3n) is 1.35. The molecule has 0 aliphatic rings. The number of hydrogen-bond donors (Lipinski definition) is 0. The van der Waals surface area contributed by atoms with Gasteiger partial charge >= 0.3 is 35.5 Å². The van der Waals surface area contributed by atoms with Crippen LogP contribution in [0.5, 0.6) is 0 Å². The predicted molar refractivity (Wildman–Crippen MR) is 56.9 cm³/mol. The van der Waals surface area contributed by atoms with E-state index >= 15 is 0 Å². The van der Waals surface area contributed by atoms with Crippen molar-refractivity contribution in [2.45, 2.75) is 20.1 Å². The zero-order valence-corrected chi connectivity index (χ0v) is 12.7. The van der Waals surface area contributed by atoms with E-state index in [2.05, 4.69) is 18.2 Å². The van der Waals surface area contributed by atoms with Gasteiger partial charge in [-0.3, -0.25) is 4.90 Å². The van der Waals surface area contributed by atoms with Crippen molar-refractivity contribution < 1.29 is 40.5 Å². The topological polar surface area (TPSA) is 29.5 Å². The van der Waals surface area contributed by atoms with Crippen molar-refractivity contribution in [1.82, 2.24) is 4.90 Å². The second-order valence-corrected chi connectivity index (χ2v) is 2.75. The van der Waals surface area contributed by atoms with Gasteiger partial charge in [0.2, 0.25) is 0 Å². The molecule has 0 radical (unpaired) electrons. The molecule has 1 unspecified atom stereocenters. The van der Waals surface area contributed by atoms with Crippen molar-refractivity contribution in [1.29, 1.82) is 0 Å². The number of nitrogens with zero attached hydrogens (tertiary/aromatic N) is 1. The zero-order chi connectivity index (χ0) is 11.0. The Morgan fingerprint density at radius 3 is 2.07 bits per heavy atom. The van der Waals surface area contributed by atoms with E-state index in [0.717, 1.165) is 0 Å². The van der Waals surface area contributed by atoms with Crippen LogP contribution in [0, 0.1) is 0 Å². The fourth-order valence-corrected chi connectivity index (χ4v) is 0.361. The van der Waals surface area contributed by atoms with Gasteiger partial charge in [0.1, 0.15) is 0 Å². The van der Waals surface area contributed by atoms with Crippen molar-refractivity contribution >= 4 is 17.6 Å². The van der Waals surface area contributed by atoms with Crippen LogP contribution >= 0.6 is 11.6 Å². The van der Waals surface area contributed by atoms with Crippen LogP contribution in [-0.2, 0) is 9.53 Å². The molecule has 1 atom stereocenters. The van der Waals surface area contributed by atoms with E-state index in [-0.39, 0.29) is 43.2 Å². The predicted octanol–water partition coefficient (Wildman–Crippen LogP) is -1.02. The molecule has 0 spiro atoms. The normalized spacial score (nSPS) is 10.5. The standard InChI is InChI=1S/C8H15NO2.CH3Cl.Na.H/c1-6(2)8(10)11-7(3)9(4)5;1-2;;/h7H,1H2,2-5H3;1H3;;/q;;+1;-1. The summed E-state index contributed by atoms with van der Waals surface area (Å²) in [6, 6.07) is 0. The molecule has 0 fully saturated rings. The summed E-state index contributed by atoms with van der Waals surface area (Å²) in [6.45, 7) is 6.91. The summed E-state index contributed by atoms with van der Waals surface area (Å²) < 4.78 is 4.96. The Morgan fingerprint density at radius 2 is 1.86 bits per heavy atom. The molecule has 0 heterocycles. The van der Waals surface area contributed by atoms with E-state index in [1.54, 1.807) is 18.7 Å². The van der Waals surface area contributed by atoms with Crippen molar-refractivity contribution in [2.24, 2.45) is 0 Å². The van der Waals surface area contributed by atoms with Crippen LogP contribution in [0.1, 0.15) is 15.3 Å². The Bertz CT molecular complexity index is 179. The van der Waals surface area contributed by atoms with E-state index in [9.17, 15) is 4.79 Å². The quantitative estimate of drug-likeness (QED) is 0.205. The van der Waals surface area contributed by atoms with Crippen molar-refractivity contribution in [2.75, 3.05) is 20.5 Å². The number of rotatable bonds is 3. The number of carbonyl (C=O) groups excluding carboxylic acids is 1. The summed E-state index contributed by atoms with van der Waals surface area (Å²) in [4.78, 5) is 12.7. The molecule has 0 aromatic rings. The van der Waals surface area contributed by atoms with Crippen LogP contribution in [0.2, 0.25) is 0 Å². The molecule has 0 bridgehead atoms. The minimum atomic E-state index is -0.341. The molecule has 0 N–H and O–H groups in total. The first-order valence-corrected chi connectivity index (χ1v) is 4.61. The van der Waals surface area contributed by atoms with Crippen LogP contribution in [0.3, 0.4) is 0 Å². The van der Waals surface area contributed by atoms with Gasteiger partial charge in [-0.2, -0.15) is 0 Å². The van der Waals surface area contributed by atoms with E-state index < -0.39 is 0 Å². The summed E-state index contributed by atoms with van der Waals surface area (Å²) in [6.07, 6.45) is 1.28. The maximum Gasteiger partial charge on any atom is 1.00 e. The molecule has 0 amide bonds. The molecule has 5 heteroatoms. The first-order valence-electron chi connectivity index (χ1n) is 3.86. The van der Waals surface area contributed by atoms with Gasteiger partial charge in [0.25, 0.3) is 0 Å². The third kappa shape index (κ3) is 10.5. The average Bonchev–Trinajstić information content (AvgIpc) is 2.07. The maximum absolute atomic E-state index is 10.9. The number of halogens is 1. The van der Waals surface area contributed by atoms with Crippen LogP contribution in [0.4, 0.5) is 0 Å². The first-order chi connectivity index (χ1) is 5.95. The van der Waals surface area contributed by atoms with Crippen LogP contribution < -0.4 is 29.6 Å². The van der Waals surface area contributed by atoms with Gasteiger partial charge in [-0.25, -0.2) is 4.79 Å². The second kappa shape index (κ2) is 11.5. The Kier molecular flexibility index (Phi) is 16.4. The average molecular weight is 232 g/mol. The van der Waals surface area contributed by atoms with Gasteiger partial charge < -0.3 is 6.16 Å². The summed E-state index contributed by atoms with van der Waals surface area (Å²) >= 11 is 4.64. The van der Waals surface area contributed by atoms with E-state index in [0.29, 0.717) is 5.57 Å².